The summed E-state index contributed by atoms with van der Waals surface area (Å²) in [5.74, 6) is -5.00. The summed E-state index contributed by atoms with van der Waals surface area (Å²) >= 11 is 0. The third-order valence-electron chi connectivity index (χ3n) is 1.64. The average Bonchev–Trinajstić information content (AvgIpc) is 2.57. The van der Waals surface area contributed by atoms with Gasteiger partial charge in [-0.15, -0.1) is 0 Å². The zero-order chi connectivity index (χ0) is 22.4. The van der Waals surface area contributed by atoms with Gasteiger partial charge in [-0.1, -0.05) is 19.7 Å². The molecule has 0 aliphatic carbocycles. The molecule has 0 unspecified atom stereocenters. The van der Waals surface area contributed by atoms with Crippen LogP contribution in [0.5, 0.6) is 0 Å². The van der Waals surface area contributed by atoms with Gasteiger partial charge in [-0.25, -0.2) is 0 Å². The van der Waals surface area contributed by atoms with Crippen molar-refractivity contribution in [2.24, 2.45) is 0 Å². The quantitative estimate of drug-likeness (QED) is 0.247. The van der Waals surface area contributed by atoms with E-state index >= 15 is 0 Å². The number of carboxylic acid groups (broad SMARTS) is 3. The Morgan fingerprint density at radius 2 is 0.889 bits per heavy atom. The minimum atomic E-state index is -1.35. The summed E-state index contributed by atoms with van der Waals surface area (Å²) in [6.45, 7) is 18.4. The van der Waals surface area contributed by atoms with E-state index in [4.69, 9.17) is 0 Å². The third-order valence-corrected chi connectivity index (χ3v) is 1.64. The van der Waals surface area contributed by atoms with Crippen LogP contribution in [0, 0.1) is 0 Å². The Kier molecular flexibility index (Phi) is 27.0. The van der Waals surface area contributed by atoms with Crippen molar-refractivity contribution in [2.45, 2.75) is 20.8 Å². The Hall–Kier alpha value is -3.01. The second-order valence-corrected chi connectivity index (χ2v) is 4.04. The molecular weight excluding hydrogens is 376 g/mol. The molecule has 0 aliphatic rings. The molecule has 0 saturated heterocycles. The first-order valence-corrected chi connectivity index (χ1v) is 7.91. The van der Waals surface area contributed by atoms with Gasteiger partial charge in [0.15, 0.2) is 0 Å². The van der Waals surface area contributed by atoms with Gasteiger partial charge in [0.25, 0.3) is 0 Å². The fraction of sp³-hybridized carbons (Fsp3) is 0.353. The number of ether oxygens (including phenoxy) is 3. The fourth-order valence-electron chi connectivity index (χ4n) is 0.699. The van der Waals surface area contributed by atoms with Crippen LogP contribution in [-0.2, 0) is 28.6 Å². The molecule has 0 aliphatic heterocycles. The summed E-state index contributed by atoms with van der Waals surface area (Å²) in [5.41, 5.74) is 1.56. The number of carboxylic acids is 3. The van der Waals surface area contributed by atoms with Crippen LogP contribution in [0.15, 0.2) is 49.3 Å². The molecule has 0 fully saturated rings. The first-order chi connectivity index (χ1) is 12.5. The minimum absolute atomic E-state index is 0.312. The molecule has 9 nitrogen and oxygen atoms in total. The van der Waals surface area contributed by atoms with Gasteiger partial charge >= 0.3 is 22.5 Å². The Morgan fingerprint density at radius 3 is 0.926 bits per heavy atom. The van der Waals surface area contributed by atoms with Crippen molar-refractivity contribution < 1.29 is 43.9 Å². The van der Waals surface area contributed by atoms with Crippen molar-refractivity contribution in [1.29, 1.82) is 0 Å². The van der Waals surface area contributed by atoms with Crippen molar-refractivity contribution in [1.82, 2.24) is 0 Å². The van der Waals surface area contributed by atoms with Crippen LogP contribution in [0.4, 0.5) is 0 Å². The zero-order valence-corrected chi connectivity index (χ0v) is 16.7. The molecule has 27 heavy (non-hydrogen) atoms. The van der Waals surface area contributed by atoms with E-state index < -0.39 is 17.9 Å². The van der Waals surface area contributed by atoms with Crippen LogP contribution in [0.3, 0.4) is 0 Å². The van der Waals surface area contributed by atoms with Gasteiger partial charge in [-0.2, -0.15) is 0 Å². The second-order valence-electron chi connectivity index (χ2n) is 3.64. The molecule has 10 heteroatoms. The molecule has 0 aromatic carbocycles. The predicted octanol–water partition coefficient (Wildman–Crippen LogP) is -1.84. The SMILES string of the molecule is C=C(OCC)C(=O)[O-].C=C(OCC)C(=O)[O-].C=C(OCC)C(=O)[O-].C=C[Si+3]. The van der Waals surface area contributed by atoms with E-state index in [2.05, 4.69) is 50.8 Å². The summed E-state index contributed by atoms with van der Waals surface area (Å²) in [6, 6.07) is 0. The van der Waals surface area contributed by atoms with Crippen LogP contribution in [0.2, 0.25) is 0 Å². The molecule has 0 N–H and O–H groups in total. The Labute approximate surface area is 162 Å². The first kappa shape index (κ1) is 31.7. The molecule has 0 aromatic heterocycles. The summed E-state index contributed by atoms with van der Waals surface area (Å²) in [5, 5.41) is 29.3. The number of aliphatic carboxylic acids is 3. The molecular formula is C17H24O9Si. The molecule has 0 spiro atoms. The molecule has 0 amide bonds. The number of hydrogen-bond acceptors (Lipinski definition) is 9. The molecule has 150 valence electrons. The van der Waals surface area contributed by atoms with Gasteiger partial charge in [0.1, 0.15) is 35.2 Å². The summed E-state index contributed by atoms with van der Waals surface area (Å²) in [4.78, 5) is 29.3. The van der Waals surface area contributed by atoms with E-state index in [1.54, 1.807) is 26.5 Å². The number of hydrogen-bond donors (Lipinski definition) is 0. The maximum absolute atomic E-state index is 9.75. The number of carbonyl (C=O) groups is 3. The van der Waals surface area contributed by atoms with Gasteiger partial charge in [0.2, 0.25) is 0 Å². The summed E-state index contributed by atoms with van der Waals surface area (Å²) < 4.78 is 13.3. The van der Waals surface area contributed by atoms with Crippen molar-refractivity contribution in [3.8, 4) is 0 Å². The third kappa shape index (κ3) is 31.3. The fourth-order valence-corrected chi connectivity index (χ4v) is 0.699. The standard InChI is InChI=1S/3C5H8O3.C2H3Si/c3*1-3-8-4(2)5(6)7;1-2-3/h3*2-3H2,1H3,(H,6,7);2H,1H2/q;;;+3/p-3. The van der Waals surface area contributed by atoms with Gasteiger partial charge in [-0.05, 0) is 20.8 Å². The maximum atomic E-state index is 9.75. The van der Waals surface area contributed by atoms with Crippen LogP contribution < -0.4 is 15.3 Å². The van der Waals surface area contributed by atoms with Crippen molar-refractivity contribution in [2.75, 3.05) is 19.8 Å². The van der Waals surface area contributed by atoms with Crippen LogP contribution in [0.1, 0.15) is 20.8 Å². The van der Waals surface area contributed by atoms with Crippen LogP contribution >= 0.6 is 0 Å². The first-order valence-electron chi connectivity index (χ1n) is 7.33. The second kappa shape index (κ2) is 23.0. The molecule has 0 rings (SSSR count). The van der Waals surface area contributed by atoms with Crippen molar-refractivity contribution >= 4 is 28.2 Å². The Balaban J connectivity index is -0.000000137. The molecule has 0 radical (unpaired) electrons. The monoisotopic (exact) mass is 400 g/mol. The van der Waals surface area contributed by atoms with E-state index in [0.29, 0.717) is 19.8 Å². The Morgan fingerprint density at radius 1 is 0.741 bits per heavy atom. The van der Waals surface area contributed by atoms with Crippen LogP contribution in [0.25, 0.3) is 0 Å². The topological polar surface area (TPSA) is 148 Å². The Bertz CT molecular complexity index is 432. The van der Waals surface area contributed by atoms with Gasteiger partial charge in [0.05, 0.1) is 19.8 Å². The van der Waals surface area contributed by atoms with E-state index in [0.717, 1.165) is 0 Å². The van der Waals surface area contributed by atoms with E-state index in [-0.39, 0.29) is 17.3 Å². The van der Waals surface area contributed by atoms with Crippen molar-refractivity contribution in [3.05, 3.63) is 49.3 Å². The van der Waals surface area contributed by atoms with Crippen LogP contribution in [-0.4, -0.2) is 48.0 Å². The van der Waals surface area contributed by atoms with E-state index in [9.17, 15) is 29.7 Å². The molecule has 0 atom stereocenters. The molecule has 0 aromatic rings. The van der Waals surface area contributed by atoms with E-state index in [1.807, 2.05) is 0 Å². The predicted molar refractivity (Wildman–Crippen MR) is 93.3 cm³/mol. The van der Waals surface area contributed by atoms with Crippen molar-refractivity contribution in [3.63, 3.8) is 0 Å². The summed E-state index contributed by atoms with van der Waals surface area (Å²) in [7, 11) is 2.95. The van der Waals surface area contributed by atoms with E-state index in [1.165, 1.54) is 0 Å². The van der Waals surface area contributed by atoms with Gasteiger partial charge < -0.3 is 43.9 Å². The molecule has 0 bridgehead atoms. The zero-order valence-electron chi connectivity index (χ0n) is 15.7. The molecule has 0 saturated carbocycles. The van der Waals surface area contributed by atoms with Gasteiger partial charge in [0, 0.05) is 0 Å². The van der Waals surface area contributed by atoms with Gasteiger partial charge in [-0.3, -0.25) is 0 Å². The normalized spacial score (nSPS) is 7.74. The number of carbonyl (C=O) groups excluding carboxylic acids is 3. The summed E-state index contributed by atoms with van der Waals surface area (Å²) in [6.07, 6.45) is 0. The molecule has 0 heterocycles. The number of rotatable bonds is 9. The average molecular weight is 400 g/mol.